The van der Waals surface area contributed by atoms with Gasteiger partial charge >= 0.3 is 0 Å². The average Bonchev–Trinajstić information content (AvgIpc) is 2.44. The molecule has 1 unspecified atom stereocenters. The number of aliphatic hydroxyl groups is 1. The molecule has 1 rings (SSSR count). The summed E-state index contributed by atoms with van der Waals surface area (Å²) in [4.78, 5) is 0. The monoisotopic (exact) mass is 283 g/mol. The summed E-state index contributed by atoms with van der Waals surface area (Å²) < 4.78 is 15.8. The highest BCUT2D eigenvalue weighted by Gasteiger charge is 2.07. The predicted molar refractivity (Wildman–Crippen MR) is 79.7 cm³/mol. The van der Waals surface area contributed by atoms with Gasteiger partial charge in [-0.1, -0.05) is 13.8 Å². The molecule has 1 atom stereocenters. The van der Waals surface area contributed by atoms with E-state index >= 15 is 0 Å². The molecule has 0 aliphatic carbocycles. The fourth-order valence-electron chi connectivity index (χ4n) is 1.64. The van der Waals surface area contributed by atoms with Crippen molar-refractivity contribution in [2.45, 2.75) is 20.0 Å². The number of hydrogen-bond acceptors (Lipinski definition) is 5. The lowest BCUT2D eigenvalue weighted by Gasteiger charge is -2.15. The van der Waals surface area contributed by atoms with Gasteiger partial charge in [-0.2, -0.15) is 0 Å². The lowest BCUT2D eigenvalue weighted by molar-refractivity contribution is 0.0318. The van der Waals surface area contributed by atoms with Crippen LogP contribution in [0.1, 0.15) is 13.8 Å². The smallest absolute Gasteiger partial charge is 0.124 e. The van der Waals surface area contributed by atoms with E-state index in [1.807, 2.05) is 12.1 Å². The van der Waals surface area contributed by atoms with Gasteiger partial charge in [-0.25, -0.2) is 0 Å². The van der Waals surface area contributed by atoms with Crippen LogP contribution in [0.4, 0.5) is 5.69 Å². The summed E-state index contributed by atoms with van der Waals surface area (Å²) in [5, 5.41) is 13.0. The Bertz CT molecular complexity index is 373. The van der Waals surface area contributed by atoms with Crippen molar-refractivity contribution in [3.05, 3.63) is 18.2 Å². The summed E-state index contributed by atoms with van der Waals surface area (Å²) in [6.45, 7) is 5.55. The van der Waals surface area contributed by atoms with Crippen LogP contribution in [0.25, 0.3) is 0 Å². The minimum absolute atomic E-state index is 0.326. The van der Waals surface area contributed by atoms with Gasteiger partial charge in [0.1, 0.15) is 11.5 Å². The van der Waals surface area contributed by atoms with Gasteiger partial charge in [0, 0.05) is 37.0 Å². The van der Waals surface area contributed by atoms with Gasteiger partial charge in [0.2, 0.25) is 0 Å². The molecule has 1 aromatic rings. The van der Waals surface area contributed by atoms with Crippen LogP contribution in [0, 0.1) is 5.92 Å². The molecule has 2 N–H and O–H groups in total. The first-order valence-corrected chi connectivity index (χ1v) is 6.78. The van der Waals surface area contributed by atoms with Crippen molar-refractivity contribution in [1.82, 2.24) is 0 Å². The molecule has 0 bridgehead atoms. The zero-order valence-corrected chi connectivity index (χ0v) is 12.7. The van der Waals surface area contributed by atoms with E-state index < -0.39 is 6.10 Å². The third kappa shape index (κ3) is 6.12. The van der Waals surface area contributed by atoms with Crippen molar-refractivity contribution in [3.8, 4) is 11.5 Å². The van der Waals surface area contributed by atoms with Gasteiger partial charge < -0.3 is 24.6 Å². The molecule has 20 heavy (non-hydrogen) atoms. The summed E-state index contributed by atoms with van der Waals surface area (Å²) in [6, 6.07) is 5.50. The van der Waals surface area contributed by atoms with Gasteiger partial charge in [-0.15, -0.1) is 0 Å². The molecule has 5 heteroatoms. The second kappa shape index (κ2) is 8.66. The predicted octanol–water partition coefficient (Wildman–Crippen LogP) is 2.15. The van der Waals surface area contributed by atoms with Crippen molar-refractivity contribution in [2.24, 2.45) is 5.92 Å². The Balaban J connectivity index is 2.44. The van der Waals surface area contributed by atoms with E-state index in [0.717, 1.165) is 5.69 Å². The summed E-state index contributed by atoms with van der Waals surface area (Å²) in [5.74, 6) is 1.88. The largest absolute Gasteiger partial charge is 0.497 e. The van der Waals surface area contributed by atoms with Crippen molar-refractivity contribution in [3.63, 3.8) is 0 Å². The zero-order valence-electron chi connectivity index (χ0n) is 12.7. The normalized spacial score (nSPS) is 12.3. The summed E-state index contributed by atoms with van der Waals surface area (Å²) >= 11 is 0. The molecule has 0 saturated carbocycles. The second-order valence-electron chi connectivity index (χ2n) is 5.07. The number of hydrogen-bond donors (Lipinski definition) is 2. The topological polar surface area (TPSA) is 60.0 Å². The van der Waals surface area contributed by atoms with E-state index in [2.05, 4.69) is 19.2 Å². The van der Waals surface area contributed by atoms with Gasteiger partial charge in [0.05, 0.1) is 26.9 Å². The molecule has 0 radical (unpaired) electrons. The molecule has 0 saturated heterocycles. The van der Waals surface area contributed by atoms with Gasteiger partial charge in [-0.3, -0.25) is 0 Å². The Morgan fingerprint density at radius 3 is 2.15 bits per heavy atom. The van der Waals surface area contributed by atoms with E-state index in [-0.39, 0.29) is 0 Å². The van der Waals surface area contributed by atoms with Crippen molar-refractivity contribution in [2.75, 3.05) is 39.3 Å². The second-order valence-corrected chi connectivity index (χ2v) is 5.07. The highest BCUT2D eigenvalue weighted by atomic mass is 16.5. The molecule has 0 aromatic heterocycles. The Labute approximate surface area is 120 Å². The van der Waals surface area contributed by atoms with Gasteiger partial charge in [0.15, 0.2) is 0 Å². The highest BCUT2D eigenvalue weighted by Crippen LogP contribution is 2.25. The van der Waals surface area contributed by atoms with Crippen LogP contribution in [-0.4, -0.2) is 45.2 Å². The number of benzene rings is 1. The first-order valence-electron chi connectivity index (χ1n) is 6.78. The zero-order chi connectivity index (χ0) is 15.0. The summed E-state index contributed by atoms with van der Waals surface area (Å²) in [6.07, 6.45) is -0.550. The van der Waals surface area contributed by atoms with E-state index in [9.17, 15) is 5.11 Å². The standard InChI is InChI=1S/C15H25NO4/c1-11(2)9-20-10-13(17)8-16-12-5-14(18-3)7-15(6-12)19-4/h5-7,11,13,16-17H,8-10H2,1-4H3. The maximum Gasteiger partial charge on any atom is 0.124 e. The molecule has 0 amide bonds. The third-order valence-electron chi connectivity index (χ3n) is 2.65. The number of ether oxygens (including phenoxy) is 3. The molecule has 0 spiro atoms. The van der Waals surface area contributed by atoms with E-state index in [4.69, 9.17) is 14.2 Å². The maximum absolute atomic E-state index is 9.83. The fraction of sp³-hybridized carbons (Fsp3) is 0.600. The lowest BCUT2D eigenvalue weighted by Crippen LogP contribution is -2.25. The Morgan fingerprint density at radius 1 is 1.05 bits per heavy atom. The Morgan fingerprint density at radius 2 is 1.65 bits per heavy atom. The highest BCUT2D eigenvalue weighted by molar-refractivity contribution is 5.53. The number of rotatable bonds is 9. The quantitative estimate of drug-likeness (QED) is 0.727. The SMILES string of the molecule is COc1cc(NCC(O)COCC(C)C)cc(OC)c1. The van der Waals surface area contributed by atoms with Crippen molar-refractivity contribution in [1.29, 1.82) is 0 Å². The Kier molecular flexibility index (Phi) is 7.18. The number of anilines is 1. The van der Waals surface area contributed by atoms with E-state index in [1.54, 1.807) is 20.3 Å². The number of nitrogens with one attached hydrogen (secondary N) is 1. The number of methoxy groups -OCH3 is 2. The molecule has 1 aromatic carbocycles. The van der Waals surface area contributed by atoms with Crippen molar-refractivity contribution >= 4 is 5.69 Å². The first-order chi connectivity index (χ1) is 9.55. The van der Waals surface area contributed by atoms with E-state index in [0.29, 0.717) is 37.2 Å². The Hall–Kier alpha value is -1.46. The minimum atomic E-state index is -0.550. The summed E-state index contributed by atoms with van der Waals surface area (Å²) in [5.41, 5.74) is 0.837. The van der Waals surface area contributed by atoms with E-state index in [1.165, 1.54) is 0 Å². The van der Waals surface area contributed by atoms with Gasteiger partial charge in [-0.05, 0) is 5.92 Å². The third-order valence-corrected chi connectivity index (χ3v) is 2.65. The minimum Gasteiger partial charge on any atom is -0.497 e. The molecule has 5 nitrogen and oxygen atoms in total. The van der Waals surface area contributed by atoms with Crippen LogP contribution >= 0.6 is 0 Å². The van der Waals surface area contributed by atoms with Crippen LogP contribution in [0.2, 0.25) is 0 Å². The van der Waals surface area contributed by atoms with Crippen LogP contribution in [0.5, 0.6) is 11.5 Å². The van der Waals surface area contributed by atoms with Crippen LogP contribution in [0.3, 0.4) is 0 Å². The lowest BCUT2D eigenvalue weighted by atomic mass is 10.2. The first kappa shape index (κ1) is 16.6. The van der Waals surface area contributed by atoms with Crippen molar-refractivity contribution < 1.29 is 19.3 Å². The maximum atomic E-state index is 9.83. The average molecular weight is 283 g/mol. The molecular weight excluding hydrogens is 258 g/mol. The summed E-state index contributed by atoms with van der Waals surface area (Å²) in [7, 11) is 3.21. The van der Waals surface area contributed by atoms with Crippen LogP contribution < -0.4 is 14.8 Å². The fourth-order valence-corrected chi connectivity index (χ4v) is 1.64. The molecular formula is C15H25NO4. The number of aliphatic hydroxyl groups excluding tert-OH is 1. The molecule has 0 aliphatic rings. The molecule has 0 fully saturated rings. The molecule has 114 valence electrons. The van der Waals surface area contributed by atoms with Crippen LogP contribution in [-0.2, 0) is 4.74 Å². The van der Waals surface area contributed by atoms with Gasteiger partial charge in [0.25, 0.3) is 0 Å². The molecule has 0 aliphatic heterocycles. The molecule has 0 heterocycles. The van der Waals surface area contributed by atoms with Crippen LogP contribution in [0.15, 0.2) is 18.2 Å².